The average Bonchev–Trinajstić information content (AvgIpc) is 2.80. The monoisotopic (exact) mass is 369 g/mol. The molecule has 1 aliphatic rings. The molecule has 140 valence electrons. The highest BCUT2D eigenvalue weighted by atomic mass is 35.5. The maximum Gasteiger partial charge on any atom is 0.237 e. The summed E-state index contributed by atoms with van der Waals surface area (Å²) in [5.74, 6) is -0.161. The van der Waals surface area contributed by atoms with E-state index in [4.69, 9.17) is 11.6 Å². The number of amides is 2. The summed E-state index contributed by atoms with van der Waals surface area (Å²) >= 11 is 6.13. The Morgan fingerprint density at radius 2 is 2.16 bits per heavy atom. The largest absolute Gasteiger partial charge is 0.356 e. The van der Waals surface area contributed by atoms with E-state index in [-0.39, 0.29) is 30.3 Å². The van der Waals surface area contributed by atoms with E-state index in [1.54, 1.807) is 0 Å². The SMILES string of the molecule is Cc1nn(CCCNC(=O)C[C@@H]2C(=O)NCCN2C(C)C)c(C)c1Cl. The summed E-state index contributed by atoms with van der Waals surface area (Å²) in [5.41, 5.74) is 1.76. The molecule has 1 fully saturated rings. The summed E-state index contributed by atoms with van der Waals surface area (Å²) in [6, 6.07) is -0.150. The number of nitrogens with one attached hydrogen (secondary N) is 2. The number of carbonyl (C=O) groups is 2. The third-order valence-electron chi connectivity index (χ3n) is 4.58. The molecule has 0 bridgehead atoms. The minimum absolute atomic E-state index is 0.0626. The molecule has 0 unspecified atom stereocenters. The van der Waals surface area contributed by atoms with Crippen molar-refractivity contribution in [2.75, 3.05) is 19.6 Å². The van der Waals surface area contributed by atoms with E-state index in [1.807, 2.05) is 32.4 Å². The van der Waals surface area contributed by atoms with E-state index in [0.717, 1.165) is 24.4 Å². The number of nitrogens with zero attached hydrogens (tertiary/aromatic N) is 3. The van der Waals surface area contributed by atoms with Crippen molar-refractivity contribution in [3.63, 3.8) is 0 Å². The number of rotatable bonds is 7. The molecule has 2 heterocycles. The van der Waals surface area contributed by atoms with Crippen LogP contribution in [0.2, 0.25) is 5.02 Å². The smallest absolute Gasteiger partial charge is 0.237 e. The van der Waals surface area contributed by atoms with Crippen LogP contribution in [0, 0.1) is 13.8 Å². The molecule has 2 N–H and O–H groups in total. The molecule has 1 aromatic heterocycles. The van der Waals surface area contributed by atoms with Gasteiger partial charge in [0.15, 0.2) is 0 Å². The third kappa shape index (κ3) is 4.95. The molecule has 1 saturated heterocycles. The Morgan fingerprint density at radius 1 is 1.44 bits per heavy atom. The lowest BCUT2D eigenvalue weighted by Crippen LogP contribution is -2.58. The van der Waals surface area contributed by atoms with E-state index in [2.05, 4.69) is 20.6 Å². The zero-order chi connectivity index (χ0) is 18.6. The summed E-state index contributed by atoms with van der Waals surface area (Å²) in [7, 11) is 0. The van der Waals surface area contributed by atoms with Crippen molar-refractivity contribution < 1.29 is 9.59 Å². The fraction of sp³-hybridized carbons (Fsp3) is 0.706. The minimum atomic E-state index is -0.386. The summed E-state index contributed by atoms with van der Waals surface area (Å²) in [4.78, 5) is 26.4. The van der Waals surface area contributed by atoms with Crippen LogP contribution in [0.4, 0.5) is 0 Å². The number of hydrogen-bond acceptors (Lipinski definition) is 4. The molecule has 0 aromatic carbocycles. The first-order chi connectivity index (χ1) is 11.8. The topological polar surface area (TPSA) is 79.3 Å². The number of aryl methyl sites for hydroxylation is 2. The molecule has 1 aromatic rings. The van der Waals surface area contributed by atoms with E-state index in [1.165, 1.54) is 0 Å². The normalized spacial score (nSPS) is 18.5. The second kappa shape index (κ2) is 8.67. The maximum absolute atomic E-state index is 12.2. The molecule has 0 aliphatic carbocycles. The number of aromatic nitrogens is 2. The second-order valence-electron chi connectivity index (χ2n) is 6.75. The van der Waals surface area contributed by atoms with E-state index >= 15 is 0 Å². The van der Waals surface area contributed by atoms with Gasteiger partial charge in [-0.15, -0.1) is 0 Å². The van der Waals surface area contributed by atoms with E-state index in [0.29, 0.717) is 24.7 Å². The van der Waals surface area contributed by atoms with Gasteiger partial charge in [0.05, 0.1) is 28.9 Å². The Morgan fingerprint density at radius 3 is 2.76 bits per heavy atom. The molecule has 0 radical (unpaired) electrons. The Labute approximate surface area is 154 Å². The standard InChI is InChI=1S/C17H28ClN5O2/c1-11(2)22-9-7-20-17(25)14(22)10-15(24)19-6-5-8-23-13(4)16(18)12(3)21-23/h11,14H,5-10H2,1-4H3,(H,19,24)(H,20,25)/t14-/m1/s1. The van der Waals surface area contributed by atoms with Gasteiger partial charge in [0, 0.05) is 32.2 Å². The van der Waals surface area contributed by atoms with E-state index < -0.39 is 0 Å². The molecule has 8 heteroatoms. The van der Waals surface area contributed by atoms with Crippen molar-refractivity contribution >= 4 is 23.4 Å². The van der Waals surface area contributed by atoms with Gasteiger partial charge < -0.3 is 10.6 Å². The van der Waals surface area contributed by atoms with Gasteiger partial charge in [0.2, 0.25) is 11.8 Å². The second-order valence-corrected chi connectivity index (χ2v) is 7.13. The fourth-order valence-corrected chi connectivity index (χ4v) is 3.29. The van der Waals surface area contributed by atoms with Gasteiger partial charge in [-0.1, -0.05) is 11.6 Å². The molecule has 1 atom stereocenters. The Hall–Kier alpha value is -1.60. The summed E-state index contributed by atoms with van der Waals surface area (Å²) in [6.07, 6.45) is 0.949. The number of halogens is 1. The molecule has 7 nitrogen and oxygen atoms in total. The van der Waals surface area contributed by atoms with Gasteiger partial charge >= 0.3 is 0 Å². The highest BCUT2D eigenvalue weighted by Crippen LogP contribution is 2.18. The Bertz CT molecular complexity index is 629. The van der Waals surface area contributed by atoms with Crippen LogP contribution in [0.15, 0.2) is 0 Å². The van der Waals surface area contributed by atoms with Crippen LogP contribution < -0.4 is 10.6 Å². The van der Waals surface area contributed by atoms with Crippen molar-refractivity contribution in [1.82, 2.24) is 25.3 Å². The van der Waals surface area contributed by atoms with Crippen LogP contribution in [-0.4, -0.2) is 58.2 Å². The maximum atomic E-state index is 12.2. The fourth-order valence-electron chi connectivity index (χ4n) is 3.16. The molecule has 0 saturated carbocycles. The Balaban J connectivity index is 1.78. The van der Waals surface area contributed by atoms with Gasteiger partial charge in [-0.2, -0.15) is 5.10 Å². The van der Waals surface area contributed by atoms with Crippen LogP contribution >= 0.6 is 11.6 Å². The van der Waals surface area contributed by atoms with E-state index in [9.17, 15) is 9.59 Å². The highest BCUT2D eigenvalue weighted by Gasteiger charge is 2.32. The van der Waals surface area contributed by atoms with Gasteiger partial charge in [0.25, 0.3) is 0 Å². The van der Waals surface area contributed by atoms with Gasteiger partial charge in [-0.05, 0) is 34.1 Å². The van der Waals surface area contributed by atoms with Gasteiger partial charge in [-0.25, -0.2) is 0 Å². The molecule has 25 heavy (non-hydrogen) atoms. The van der Waals surface area contributed by atoms with Crippen molar-refractivity contribution in [3.05, 3.63) is 16.4 Å². The average molecular weight is 370 g/mol. The molecular formula is C17H28ClN5O2. The molecular weight excluding hydrogens is 342 g/mol. The van der Waals surface area contributed by atoms with Crippen molar-refractivity contribution in [1.29, 1.82) is 0 Å². The first-order valence-electron chi connectivity index (χ1n) is 8.81. The van der Waals surface area contributed by atoms with Crippen LogP contribution in [0.1, 0.15) is 38.1 Å². The van der Waals surface area contributed by atoms with Crippen molar-refractivity contribution in [2.24, 2.45) is 0 Å². The number of piperazine rings is 1. The van der Waals surface area contributed by atoms with Crippen LogP contribution in [-0.2, 0) is 16.1 Å². The van der Waals surface area contributed by atoms with Crippen molar-refractivity contribution in [3.8, 4) is 0 Å². The van der Waals surface area contributed by atoms with Crippen LogP contribution in [0.25, 0.3) is 0 Å². The molecule has 2 amide bonds. The van der Waals surface area contributed by atoms with Crippen molar-refractivity contribution in [2.45, 2.75) is 59.2 Å². The minimum Gasteiger partial charge on any atom is -0.356 e. The lowest BCUT2D eigenvalue weighted by molar-refractivity contribution is -0.134. The predicted octanol–water partition coefficient (Wildman–Crippen LogP) is 1.26. The quantitative estimate of drug-likeness (QED) is 0.709. The lowest BCUT2D eigenvalue weighted by atomic mass is 10.1. The molecule has 0 spiro atoms. The number of carbonyl (C=O) groups excluding carboxylic acids is 2. The highest BCUT2D eigenvalue weighted by molar-refractivity contribution is 6.31. The lowest BCUT2D eigenvalue weighted by Gasteiger charge is -2.37. The van der Waals surface area contributed by atoms with Crippen LogP contribution in [0.5, 0.6) is 0 Å². The summed E-state index contributed by atoms with van der Waals surface area (Å²) < 4.78 is 1.86. The summed E-state index contributed by atoms with van der Waals surface area (Å²) in [6.45, 7) is 10.6. The Kier molecular flexibility index (Phi) is 6.84. The first kappa shape index (κ1) is 19.7. The zero-order valence-electron chi connectivity index (χ0n) is 15.4. The zero-order valence-corrected chi connectivity index (χ0v) is 16.2. The van der Waals surface area contributed by atoms with Crippen LogP contribution in [0.3, 0.4) is 0 Å². The third-order valence-corrected chi connectivity index (χ3v) is 5.12. The van der Waals surface area contributed by atoms with Gasteiger partial charge in [0.1, 0.15) is 0 Å². The summed E-state index contributed by atoms with van der Waals surface area (Å²) in [5, 5.41) is 10.8. The molecule has 1 aliphatic heterocycles. The van der Waals surface area contributed by atoms with Gasteiger partial charge in [-0.3, -0.25) is 19.2 Å². The number of hydrogen-bond donors (Lipinski definition) is 2. The predicted molar refractivity (Wildman–Crippen MR) is 97.6 cm³/mol. The molecule has 2 rings (SSSR count). The first-order valence-corrected chi connectivity index (χ1v) is 9.18.